The number of nitrogens with zero attached hydrogens (tertiary/aromatic N) is 2. The number of morpholine rings is 1. The first-order valence-corrected chi connectivity index (χ1v) is 7.03. The highest BCUT2D eigenvalue weighted by atomic mass is 79.9. The summed E-state index contributed by atoms with van der Waals surface area (Å²) in [4.78, 5) is 12.8. The summed E-state index contributed by atoms with van der Waals surface area (Å²) in [5.41, 5.74) is 1.62. The zero-order valence-electron chi connectivity index (χ0n) is 10.6. The molecule has 1 aliphatic heterocycles. The lowest BCUT2D eigenvalue weighted by Crippen LogP contribution is -2.36. The molecule has 1 heterocycles. The molecule has 0 N–H and O–H groups in total. The lowest BCUT2D eigenvalue weighted by molar-refractivity contribution is -0.385. The van der Waals surface area contributed by atoms with Gasteiger partial charge in [0.2, 0.25) is 5.75 Å². The van der Waals surface area contributed by atoms with Crippen molar-refractivity contribution in [2.45, 2.75) is 5.33 Å². The highest BCUT2D eigenvalue weighted by Crippen LogP contribution is 2.39. The lowest BCUT2D eigenvalue weighted by Gasteiger charge is -2.30. The van der Waals surface area contributed by atoms with Crippen molar-refractivity contribution in [2.24, 2.45) is 0 Å². The smallest absolute Gasteiger partial charge is 0.313 e. The highest BCUT2D eigenvalue weighted by molar-refractivity contribution is 9.08. The molecule has 6 nitrogen and oxygen atoms in total. The van der Waals surface area contributed by atoms with E-state index < -0.39 is 4.92 Å². The van der Waals surface area contributed by atoms with Crippen molar-refractivity contribution >= 4 is 27.3 Å². The van der Waals surface area contributed by atoms with Gasteiger partial charge in [-0.05, 0) is 11.6 Å². The summed E-state index contributed by atoms with van der Waals surface area (Å²) >= 11 is 3.34. The third kappa shape index (κ3) is 2.98. The van der Waals surface area contributed by atoms with Gasteiger partial charge in [0.05, 0.1) is 30.9 Å². The van der Waals surface area contributed by atoms with Crippen molar-refractivity contribution in [3.63, 3.8) is 0 Å². The van der Waals surface area contributed by atoms with Crippen LogP contribution in [0.1, 0.15) is 5.56 Å². The van der Waals surface area contributed by atoms with Crippen LogP contribution < -0.4 is 9.64 Å². The molecule has 2 rings (SSSR count). The van der Waals surface area contributed by atoms with Crippen molar-refractivity contribution in [3.8, 4) is 5.75 Å². The van der Waals surface area contributed by atoms with Gasteiger partial charge in [-0.2, -0.15) is 0 Å². The number of methoxy groups -OCH3 is 1. The van der Waals surface area contributed by atoms with Crippen molar-refractivity contribution in [2.75, 3.05) is 38.3 Å². The van der Waals surface area contributed by atoms with Crippen LogP contribution in [0.15, 0.2) is 12.1 Å². The molecule has 0 unspecified atom stereocenters. The Kier molecular flexibility index (Phi) is 4.60. The van der Waals surface area contributed by atoms with Crippen LogP contribution >= 0.6 is 15.9 Å². The number of nitro groups is 1. The number of alkyl halides is 1. The van der Waals surface area contributed by atoms with Gasteiger partial charge in [0.25, 0.3) is 0 Å². The minimum absolute atomic E-state index is 0.000872. The fourth-order valence-electron chi connectivity index (χ4n) is 2.12. The average molecular weight is 331 g/mol. The van der Waals surface area contributed by atoms with E-state index in [0.717, 1.165) is 11.3 Å². The van der Waals surface area contributed by atoms with Crippen LogP contribution in [0.3, 0.4) is 0 Å². The topological polar surface area (TPSA) is 64.8 Å². The third-order valence-corrected chi connectivity index (χ3v) is 3.66. The van der Waals surface area contributed by atoms with Crippen LogP contribution in [-0.2, 0) is 10.1 Å². The van der Waals surface area contributed by atoms with Crippen molar-refractivity contribution in [3.05, 3.63) is 27.8 Å². The minimum atomic E-state index is -0.408. The number of benzene rings is 1. The molecular formula is C12H15BrN2O4. The number of hydrogen-bond acceptors (Lipinski definition) is 5. The summed E-state index contributed by atoms with van der Waals surface area (Å²) in [5, 5.41) is 11.7. The van der Waals surface area contributed by atoms with Crippen LogP contribution in [-0.4, -0.2) is 38.3 Å². The van der Waals surface area contributed by atoms with Gasteiger partial charge < -0.3 is 14.4 Å². The number of ether oxygens (including phenoxy) is 2. The molecular weight excluding hydrogens is 316 g/mol. The van der Waals surface area contributed by atoms with E-state index >= 15 is 0 Å². The van der Waals surface area contributed by atoms with Gasteiger partial charge in [-0.1, -0.05) is 15.9 Å². The first-order valence-electron chi connectivity index (χ1n) is 5.91. The summed E-state index contributed by atoms with van der Waals surface area (Å²) in [5.74, 6) is 0.316. The van der Waals surface area contributed by atoms with Gasteiger partial charge in [0.1, 0.15) is 0 Å². The second kappa shape index (κ2) is 6.21. The van der Waals surface area contributed by atoms with E-state index in [4.69, 9.17) is 9.47 Å². The van der Waals surface area contributed by atoms with E-state index in [0.29, 0.717) is 37.4 Å². The van der Waals surface area contributed by atoms with E-state index in [2.05, 4.69) is 20.8 Å². The second-order valence-corrected chi connectivity index (χ2v) is 4.72. The summed E-state index contributed by atoms with van der Waals surface area (Å²) in [6.07, 6.45) is 0. The van der Waals surface area contributed by atoms with Crippen LogP contribution in [0, 0.1) is 10.1 Å². The van der Waals surface area contributed by atoms with Crippen LogP contribution in [0.4, 0.5) is 11.4 Å². The third-order valence-electron chi connectivity index (χ3n) is 3.02. The summed E-state index contributed by atoms with van der Waals surface area (Å²) in [7, 11) is 1.46. The van der Waals surface area contributed by atoms with Crippen molar-refractivity contribution in [1.82, 2.24) is 0 Å². The van der Waals surface area contributed by atoms with Gasteiger partial charge in [0.15, 0.2) is 0 Å². The molecule has 1 aliphatic rings. The zero-order valence-corrected chi connectivity index (χ0v) is 12.2. The predicted molar refractivity (Wildman–Crippen MR) is 75.3 cm³/mol. The molecule has 0 spiro atoms. The molecule has 1 aromatic carbocycles. The largest absolute Gasteiger partial charge is 0.489 e. The normalized spacial score (nSPS) is 15.4. The molecule has 0 amide bonds. The van der Waals surface area contributed by atoms with Gasteiger partial charge in [-0.25, -0.2) is 0 Å². The number of hydrogen-bond donors (Lipinski definition) is 0. The lowest BCUT2D eigenvalue weighted by atomic mass is 10.1. The molecule has 0 bridgehead atoms. The Balaban J connectivity index is 2.49. The van der Waals surface area contributed by atoms with Crippen LogP contribution in [0.2, 0.25) is 0 Å². The van der Waals surface area contributed by atoms with E-state index in [1.54, 1.807) is 0 Å². The van der Waals surface area contributed by atoms with Crippen molar-refractivity contribution < 1.29 is 14.4 Å². The van der Waals surface area contributed by atoms with E-state index in [9.17, 15) is 10.1 Å². The fourth-order valence-corrected chi connectivity index (χ4v) is 2.44. The molecule has 0 aliphatic carbocycles. The van der Waals surface area contributed by atoms with Crippen LogP contribution in [0.25, 0.3) is 0 Å². The molecule has 19 heavy (non-hydrogen) atoms. The highest BCUT2D eigenvalue weighted by Gasteiger charge is 2.24. The first kappa shape index (κ1) is 14.1. The standard InChI is InChI=1S/C12H15BrN2O4/c1-18-12-10(14-2-4-19-5-3-14)6-9(8-13)7-11(12)15(16)17/h6-7H,2-5,8H2,1H3. The summed E-state index contributed by atoms with van der Waals surface area (Å²) < 4.78 is 10.6. The van der Waals surface area contributed by atoms with Crippen LogP contribution in [0.5, 0.6) is 5.75 Å². The van der Waals surface area contributed by atoms with Gasteiger partial charge >= 0.3 is 5.69 Å². The monoisotopic (exact) mass is 330 g/mol. The van der Waals surface area contributed by atoms with Gasteiger partial charge in [0, 0.05) is 24.5 Å². The Hall–Kier alpha value is -1.34. The Labute approximate surface area is 119 Å². The van der Waals surface area contributed by atoms with Gasteiger partial charge in [-0.3, -0.25) is 10.1 Å². The maximum absolute atomic E-state index is 11.2. The Bertz CT molecular complexity index is 475. The Morgan fingerprint density at radius 2 is 2.16 bits per heavy atom. The van der Waals surface area contributed by atoms with E-state index in [-0.39, 0.29) is 5.69 Å². The van der Waals surface area contributed by atoms with E-state index in [1.165, 1.54) is 13.2 Å². The maximum Gasteiger partial charge on any atom is 0.313 e. The Morgan fingerprint density at radius 3 is 2.68 bits per heavy atom. The quantitative estimate of drug-likeness (QED) is 0.481. The average Bonchev–Trinajstić information content (AvgIpc) is 2.46. The molecule has 0 aromatic heterocycles. The Morgan fingerprint density at radius 1 is 1.47 bits per heavy atom. The first-order chi connectivity index (χ1) is 9.17. The number of rotatable bonds is 4. The molecule has 7 heteroatoms. The number of anilines is 1. The molecule has 1 aromatic rings. The summed E-state index contributed by atoms with van der Waals surface area (Å²) in [6, 6.07) is 3.46. The predicted octanol–water partition coefficient (Wildman–Crippen LogP) is 2.33. The number of halogens is 1. The molecule has 0 atom stereocenters. The summed E-state index contributed by atoms with van der Waals surface area (Å²) in [6.45, 7) is 2.66. The maximum atomic E-state index is 11.2. The molecule has 1 saturated heterocycles. The van der Waals surface area contributed by atoms with E-state index in [1.807, 2.05) is 6.07 Å². The van der Waals surface area contributed by atoms with Gasteiger partial charge in [-0.15, -0.1) is 0 Å². The zero-order chi connectivity index (χ0) is 13.8. The molecule has 0 saturated carbocycles. The molecule has 104 valence electrons. The SMILES string of the molecule is COc1c(N2CCOCC2)cc(CBr)cc1[N+](=O)[O-]. The molecule has 0 radical (unpaired) electrons. The molecule has 1 fully saturated rings. The van der Waals surface area contributed by atoms with Crippen molar-refractivity contribution in [1.29, 1.82) is 0 Å². The second-order valence-electron chi connectivity index (χ2n) is 4.16. The number of nitro benzene ring substituents is 1. The minimum Gasteiger partial charge on any atom is -0.489 e. The fraction of sp³-hybridized carbons (Fsp3) is 0.500.